The predicted octanol–water partition coefficient (Wildman–Crippen LogP) is 4.91. The van der Waals surface area contributed by atoms with Gasteiger partial charge in [-0.1, -0.05) is 38.4 Å². The summed E-state index contributed by atoms with van der Waals surface area (Å²) in [5.74, 6) is -0.227. The first kappa shape index (κ1) is 19.4. The lowest BCUT2D eigenvalue weighted by atomic mass is 9.92. The SMILES string of the molecule is CC(C)(C)c1cc(NC(=O)Cc2c(F)cccc2Cl)n(C(C)(C)C)n1. The lowest BCUT2D eigenvalue weighted by Crippen LogP contribution is -2.27. The van der Waals surface area contributed by atoms with E-state index < -0.39 is 5.82 Å². The molecule has 1 N–H and O–H groups in total. The molecule has 6 heteroatoms. The van der Waals surface area contributed by atoms with E-state index in [0.29, 0.717) is 5.82 Å². The predicted molar refractivity (Wildman–Crippen MR) is 99.7 cm³/mol. The van der Waals surface area contributed by atoms with E-state index in [1.165, 1.54) is 12.1 Å². The first-order valence-corrected chi connectivity index (χ1v) is 8.61. The van der Waals surface area contributed by atoms with Crippen LogP contribution >= 0.6 is 11.6 Å². The molecule has 4 nitrogen and oxygen atoms in total. The molecule has 0 saturated carbocycles. The largest absolute Gasteiger partial charge is 0.311 e. The number of hydrogen-bond acceptors (Lipinski definition) is 2. The molecular weight excluding hydrogens is 341 g/mol. The van der Waals surface area contributed by atoms with Crippen molar-refractivity contribution >= 4 is 23.3 Å². The van der Waals surface area contributed by atoms with Crippen molar-refractivity contribution in [2.24, 2.45) is 0 Å². The van der Waals surface area contributed by atoms with E-state index >= 15 is 0 Å². The minimum Gasteiger partial charge on any atom is -0.311 e. The molecule has 0 radical (unpaired) electrons. The average molecular weight is 366 g/mol. The Bertz CT molecular complexity index is 765. The highest BCUT2D eigenvalue weighted by molar-refractivity contribution is 6.31. The van der Waals surface area contributed by atoms with E-state index in [1.54, 1.807) is 10.7 Å². The van der Waals surface area contributed by atoms with Crippen molar-refractivity contribution in [3.63, 3.8) is 0 Å². The highest BCUT2D eigenvalue weighted by Crippen LogP contribution is 2.28. The highest BCUT2D eigenvalue weighted by atomic mass is 35.5. The maximum atomic E-state index is 13.9. The zero-order valence-electron chi connectivity index (χ0n) is 15.6. The zero-order chi connectivity index (χ0) is 19.0. The maximum absolute atomic E-state index is 13.9. The molecule has 1 heterocycles. The Morgan fingerprint density at radius 2 is 1.88 bits per heavy atom. The molecule has 0 unspecified atom stereocenters. The summed E-state index contributed by atoms with van der Waals surface area (Å²) in [5.41, 5.74) is 0.619. The van der Waals surface area contributed by atoms with E-state index in [0.717, 1.165) is 5.69 Å². The van der Waals surface area contributed by atoms with Gasteiger partial charge in [-0.2, -0.15) is 5.10 Å². The monoisotopic (exact) mass is 365 g/mol. The van der Waals surface area contributed by atoms with Gasteiger partial charge in [-0.25, -0.2) is 9.07 Å². The van der Waals surface area contributed by atoms with Crippen LogP contribution in [0.1, 0.15) is 52.8 Å². The number of amides is 1. The molecule has 0 aliphatic heterocycles. The van der Waals surface area contributed by atoms with Gasteiger partial charge < -0.3 is 5.32 Å². The van der Waals surface area contributed by atoms with Crippen LogP contribution in [-0.2, 0) is 22.2 Å². The van der Waals surface area contributed by atoms with Gasteiger partial charge in [-0.3, -0.25) is 4.79 Å². The first-order valence-electron chi connectivity index (χ1n) is 8.23. The number of halogens is 2. The summed E-state index contributed by atoms with van der Waals surface area (Å²) in [6.07, 6.45) is -0.133. The lowest BCUT2D eigenvalue weighted by molar-refractivity contribution is -0.115. The second kappa shape index (κ2) is 6.79. The van der Waals surface area contributed by atoms with Crippen molar-refractivity contribution in [2.75, 3.05) is 5.32 Å². The molecule has 0 aliphatic rings. The minimum atomic E-state index is -0.484. The number of aromatic nitrogens is 2. The number of carbonyl (C=O) groups excluding carboxylic acids is 1. The number of rotatable bonds is 3. The van der Waals surface area contributed by atoms with Crippen LogP contribution < -0.4 is 5.32 Å². The van der Waals surface area contributed by atoms with Crippen LogP contribution in [0, 0.1) is 5.82 Å². The van der Waals surface area contributed by atoms with Crippen LogP contribution in [-0.4, -0.2) is 15.7 Å². The van der Waals surface area contributed by atoms with Crippen LogP contribution in [0.15, 0.2) is 24.3 Å². The lowest BCUT2D eigenvalue weighted by Gasteiger charge is -2.23. The minimum absolute atomic E-state index is 0.133. The molecule has 1 amide bonds. The average Bonchev–Trinajstić information content (AvgIpc) is 2.87. The topological polar surface area (TPSA) is 46.9 Å². The van der Waals surface area contributed by atoms with Crippen LogP contribution in [0.5, 0.6) is 0 Å². The smallest absolute Gasteiger partial charge is 0.230 e. The second-order valence-electron chi connectivity index (χ2n) is 8.17. The number of anilines is 1. The third kappa shape index (κ3) is 4.60. The summed E-state index contributed by atoms with van der Waals surface area (Å²) < 4.78 is 15.7. The van der Waals surface area contributed by atoms with Gasteiger partial charge in [0.25, 0.3) is 0 Å². The van der Waals surface area contributed by atoms with E-state index in [-0.39, 0.29) is 33.9 Å². The standard InChI is InChI=1S/C19H25ClFN3O/c1-18(2,3)15-11-16(24(23-15)19(4,5)6)22-17(25)10-12-13(20)8-7-9-14(12)21/h7-9,11H,10H2,1-6H3,(H,22,25). The Morgan fingerprint density at radius 3 is 2.40 bits per heavy atom. The molecule has 0 atom stereocenters. The molecule has 2 aromatic rings. The zero-order valence-corrected chi connectivity index (χ0v) is 16.3. The van der Waals surface area contributed by atoms with Crippen molar-refractivity contribution in [2.45, 2.75) is 58.9 Å². The molecular formula is C19H25ClFN3O. The van der Waals surface area contributed by atoms with E-state index in [4.69, 9.17) is 11.6 Å². The van der Waals surface area contributed by atoms with Crippen LogP contribution in [0.25, 0.3) is 0 Å². The Labute approximate surface area is 153 Å². The summed E-state index contributed by atoms with van der Waals surface area (Å²) in [7, 11) is 0. The molecule has 2 rings (SSSR count). The Kier molecular flexibility index (Phi) is 5.28. The number of carbonyl (C=O) groups is 1. The quantitative estimate of drug-likeness (QED) is 0.840. The van der Waals surface area contributed by atoms with Gasteiger partial charge in [0.15, 0.2) is 0 Å². The number of hydrogen-bond donors (Lipinski definition) is 1. The Balaban J connectivity index is 2.30. The third-order valence-electron chi connectivity index (χ3n) is 3.78. The molecule has 0 aliphatic carbocycles. The summed E-state index contributed by atoms with van der Waals surface area (Å²) >= 11 is 6.01. The fourth-order valence-electron chi connectivity index (χ4n) is 2.40. The first-order chi connectivity index (χ1) is 11.4. The van der Waals surface area contributed by atoms with E-state index in [1.807, 2.05) is 26.8 Å². The maximum Gasteiger partial charge on any atom is 0.230 e. The van der Waals surface area contributed by atoms with Gasteiger partial charge in [0.2, 0.25) is 5.91 Å². The molecule has 0 bridgehead atoms. The van der Waals surface area contributed by atoms with Crippen molar-refractivity contribution < 1.29 is 9.18 Å². The fourth-order valence-corrected chi connectivity index (χ4v) is 2.63. The van der Waals surface area contributed by atoms with Gasteiger partial charge in [-0.15, -0.1) is 0 Å². The third-order valence-corrected chi connectivity index (χ3v) is 4.13. The van der Waals surface area contributed by atoms with E-state index in [2.05, 4.69) is 31.2 Å². The van der Waals surface area contributed by atoms with Gasteiger partial charge in [0.05, 0.1) is 17.7 Å². The Morgan fingerprint density at radius 1 is 1.24 bits per heavy atom. The van der Waals surface area contributed by atoms with Gasteiger partial charge in [-0.05, 0) is 32.9 Å². The normalized spacial score (nSPS) is 12.3. The number of nitrogens with one attached hydrogen (secondary N) is 1. The van der Waals surface area contributed by atoms with Crippen LogP contribution in [0.2, 0.25) is 5.02 Å². The highest BCUT2D eigenvalue weighted by Gasteiger charge is 2.26. The van der Waals surface area contributed by atoms with Crippen molar-refractivity contribution in [3.8, 4) is 0 Å². The molecule has 136 valence electrons. The fraction of sp³-hybridized carbons (Fsp3) is 0.474. The molecule has 0 saturated heterocycles. The van der Waals surface area contributed by atoms with Crippen molar-refractivity contribution in [3.05, 3.63) is 46.4 Å². The molecule has 25 heavy (non-hydrogen) atoms. The van der Waals surface area contributed by atoms with E-state index in [9.17, 15) is 9.18 Å². The molecule has 1 aromatic heterocycles. The number of nitrogens with zero attached hydrogens (tertiary/aromatic N) is 2. The summed E-state index contributed by atoms with van der Waals surface area (Å²) in [4.78, 5) is 12.4. The molecule has 0 fully saturated rings. The second-order valence-corrected chi connectivity index (χ2v) is 8.58. The number of benzene rings is 1. The summed E-state index contributed by atoms with van der Waals surface area (Å²) in [6, 6.07) is 6.26. The van der Waals surface area contributed by atoms with Crippen LogP contribution in [0.3, 0.4) is 0 Å². The van der Waals surface area contributed by atoms with Gasteiger partial charge >= 0.3 is 0 Å². The summed E-state index contributed by atoms with van der Waals surface area (Å²) in [6.45, 7) is 12.2. The summed E-state index contributed by atoms with van der Waals surface area (Å²) in [5, 5.41) is 7.74. The van der Waals surface area contributed by atoms with Crippen LogP contribution in [0.4, 0.5) is 10.2 Å². The Hall–Kier alpha value is -1.88. The van der Waals surface area contributed by atoms with Crippen molar-refractivity contribution in [1.29, 1.82) is 0 Å². The molecule has 0 spiro atoms. The molecule has 1 aromatic carbocycles. The van der Waals surface area contributed by atoms with Gasteiger partial charge in [0.1, 0.15) is 11.6 Å². The van der Waals surface area contributed by atoms with Crippen molar-refractivity contribution in [1.82, 2.24) is 9.78 Å². The van der Waals surface area contributed by atoms with Gasteiger partial charge in [0, 0.05) is 22.1 Å².